The lowest BCUT2D eigenvalue weighted by atomic mass is 9.44. The first kappa shape index (κ1) is 16.2. The topological polar surface area (TPSA) is 20.2 Å². The zero-order valence-corrected chi connectivity index (χ0v) is 15.6. The summed E-state index contributed by atoms with van der Waals surface area (Å²) in [5.41, 5.74) is 2.26. The first-order chi connectivity index (χ1) is 10.9. The minimum atomic E-state index is -0.161. The Morgan fingerprint density at radius 1 is 1.00 bits per heavy atom. The maximum Gasteiger partial charge on any atom is 0.0758 e. The summed E-state index contributed by atoms with van der Waals surface area (Å²) in [4.78, 5) is 0. The van der Waals surface area contributed by atoms with Crippen LogP contribution in [0.4, 0.5) is 0 Å². The first-order valence-corrected chi connectivity index (χ1v) is 10.2. The summed E-state index contributed by atoms with van der Waals surface area (Å²) in [6.07, 6.45) is 13.1. The van der Waals surface area contributed by atoms with E-state index in [0.29, 0.717) is 10.8 Å². The minimum absolute atomic E-state index is 0.161. The van der Waals surface area contributed by atoms with Gasteiger partial charge in [-0.25, -0.2) is 0 Å². The Labute approximate surface area is 142 Å². The van der Waals surface area contributed by atoms with Gasteiger partial charge in [-0.1, -0.05) is 33.3 Å². The van der Waals surface area contributed by atoms with E-state index in [1.54, 1.807) is 0 Å². The van der Waals surface area contributed by atoms with Gasteiger partial charge >= 0.3 is 0 Å². The summed E-state index contributed by atoms with van der Waals surface area (Å²) in [5.74, 6) is 4.45. The summed E-state index contributed by atoms with van der Waals surface area (Å²) < 4.78 is 0. The van der Waals surface area contributed by atoms with Crippen LogP contribution in [0.5, 0.6) is 0 Å². The van der Waals surface area contributed by atoms with E-state index in [4.69, 9.17) is 0 Å². The monoisotopic (exact) mass is 316 g/mol. The molecule has 1 N–H and O–H groups in total. The Morgan fingerprint density at radius 3 is 2.52 bits per heavy atom. The Balaban J connectivity index is 1.65. The van der Waals surface area contributed by atoms with Crippen molar-refractivity contribution in [1.29, 1.82) is 0 Å². The van der Waals surface area contributed by atoms with Gasteiger partial charge in [-0.05, 0) is 97.9 Å². The predicted molar refractivity (Wildman–Crippen MR) is 96.0 cm³/mol. The molecule has 4 aliphatic rings. The Bertz CT molecular complexity index is 508. The maximum atomic E-state index is 10.6. The van der Waals surface area contributed by atoms with Gasteiger partial charge in [0, 0.05) is 0 Å². The third-order valence-electron chi connectivity index (χ3n) is 9.12. The van der Waals surface area contributed by atoms with Crippen LogP contribution < -0.4 is 0 Å². The van der Waals surface area contributed by atoms with E-state index >= 15 is 0 Å². The lowest BCUT2D eigenvalue weighted by molar-refractivity contribution is -0.105. The van der Waals surface area contributed by atoms with Crippen LogP contribution in [-0.4, -0.2) is 11.2 Å². The molecule has 0 radical (unpaired) electrons. The highest BCUT2D eigenvalue weighted by molar-refractivity contribution is 5.27. The van der Waals surface area contributed by atoms with Crippen LogP contribution in [0.25, 0.3) is 0 Å². The minimum Gasteiger partial charge on any atom is -0.389 e. The molecule has 0 heterocycles. The maximum absolute atomic E-state index is 10.6. The van der Waals surface area contributed by atoms with Gasteiger partial charge in [-0.2, -0.15) is 0 Å². The van der Waals surface area contributed by atoms with Crippen LogP contribution in [0.1, 0.15) is 79.1 Å². The zero-order valence-electron chi connectivity index (χ0n) is 15.6. The highest BCUT2D eigenvalue weighted by atomic mass is 16.3. The molecule has 0 aromatic heterocycles. The van der Waals surface area contributed by atoms with Crippen molar-refractivity contribution in [3.63, 3.8) is 0 Å². The quantitative estimate of drug-likeness (QED) is 0.578. The van der Waals surface area contributed by atoms with Crippen molar-refractivity contribution in [2.45, 2.75) is 85.2 Å². The molecular formula is C22H36O. The van der Waals surface area contributed by atoms with Crippen molar-refractivity contribution in [1.82, 2.24) is 0 Å². The van der Waals surface area contributed by atoms with Crippen LogP contribution >= 0.6 is 0 Å². The summed E-state index contributed by atoms with van der Waals surface area (Å²) in [5, 5.41) is 10.6. The van der Waals surface area contributed by atoms with Crippen LogP contribution in [0.2, 0.25) is 0 Å². The molecule has 0 aromatic carbocycles. The summed E-state index contributed by atoms with van der Waals surface area (Å²) in [7, 11) is 0. The molecule has 1 heteroatoms. The number of aliphatic hydroxyl groups excluding tert-OH is 1. The molecular weight excluding hydrogens is 280 g/mol. The van der Waals surface area contributed by atoms with E-state index in [1.165, 1.54) is 50.5 Å². The number of rotatable bonds is 0. The Kier molecular flexibility index (Phi) is 3.76. The lowest BCUT2D eigenvalue weighted by Crippen LogP contribution is -2.52. The van der Waals surface area contributed by atoms with Gasteiger partial charge in [-0.15, -0.1) is 0 Å². The molecule has 0 amide bonds. The molecule has 0 spiro atoms. The predicted octanol–water partition coefficient (Wildman–Crippen LogP) is 5.58. The fourth-order valence-corrected chi connectivity index (χ4v) is 7.86. The van der Waals surface area contributed by atoms with Crippen LogP contribution in [0, 0.1) is 40.4 Å². The van der Waals surface area contributed by atoms with E-state index in [9.17, 15) is 5.11 Å². The second-order valence-corrected chi connectivity index (χ2v) is 9.99. The van der Waals surface area contributed by atoms with Gasteiger partial charge in [-0.3, -0.25) is 0 Å². The van der Waals surface area contributed by atoms with Gasteiger partial charge in [0.1, 0.15) is 0 Å². The second kappa shape index (κ2) is 5.35. The van der Waals surface area contributed by atoms with E-state index in [0.717, 1.165) is 36.0 Å². The van der Waals surface area contributed by atoms with Crippen molar-refractivity contribution in [3.8, 4) is 0 Å². The third-order valence-corrected chi connectivity index (χ3v) is 9.12. The highest BCUT2D eigenvalue weighted by Gasteiger charge is 2.60. The Hall–Kier alpha value is -0.300. The fraction of sp³-hybridized carbons (Fsp3) is 0.909. The van der Waals surface area contributed by atoms with E-state index < -0.39 is 0 Å². The molecule has 1 unspecified atom stereocenters. The van der Waals surface area contributed by atoms with Crippen molar-refractivity contribution in [2.75, 3.05) is 0 Å². The van der Waals surface area contributed by atoms with Crippen molar-refractivity contribution in [2.24, 2.45) is 40.4 Å². The molecule has 1 nitrogen and oxygen atoms in total. The van der Waals surface area contributed by atoms with E-state index in [-0.39, 0.29) is 6.10 Å². The highest BCUT2D eigenvalue weighted by Crippen LogP contribution is 2.67. The van der Waals surface area contributed by atoms with Gasteiger partial charge in [0.2, 0.25) is 0 Å². The number of hydrogen-bond acceptors (Lipinski definition) is 1. The smallest absolute Gasteiger partial charge is 0.0758 e. The van der Waals surface area contributed by atoms with Crippen molar-refractivity contribution >= 4 is 0 Å². The SMILES string of the molecule is C/C=C1/[C@H](O)C[C@H]2[C@@H]3CCC4C[C@@H](C)CC[C@]4(C)[C@H]3CC[C@]12C. The molecule has 8 atom stereocenters. The standard InChI is InChI=1S/C22H36O/c1-5-17-20(23)13-19-16-7-6-15-12-14(2)8-10-21(15,3)18(16)9-11-22(17,19)4/h5,14-16,18-20,23H,6-13H2,1-4H3/b17-5-/t14-,15?,16+,18-,19-,20+,21-,22+/m0/s1. The second-order valence-electron chi connectivity index (χ2n) is 9.99. The average Bonchev–Trinajstić information content (AvgIpc) is 2.77. The first-order valence-electron chi connectivity index (χ1n) is 10.2. The van der Waals surface area contributed by atoms with Crippen molar-refractivity contribution in [3.05, 3.63) is 11.6 Å². The molecule has 4 rings (SSSR count). The molecule has 4 fully saturated rings. The molecule has 4 aliphatic carbocycles. The fourth-order valence-electron chi connectivity index (χ4n) is 7.86. The summed E-state index contributed by atoms with van der Waals surface area (Å²) in [6.45, 7) is 9.72. The number of aliphatic hydroxyl groups is 1. The molecule has 0 saturated heterocycles. The van der Waals surface area contributed by atoms with Crippen LogP contribution in [0.15, 0.2) is 11.6 Å². The van der Waals surface area contributed by atoms with Crippen LogP contribution in [-0.2, 0) is 0 Å². The van der Waals surface area contributed by atoms with Crippen molar-refractivity contribution < 1.29 is 5.11 Å². The molecule has 130 valence electrons. The number of hydrogen-bond donors (Lipinski definition) is 1. The number of allylic oxidation sites excluding steroid dienone is 1. The molecule has 4 saturated carbocycles. The molecule has 23 heavy (non-hydrogen) atoms. The van der Waals surface area contributed by atoms with Crippen LogP contribution in [0.3, 0.4) is 0 Å². The number of fused-ring (bicyclic) bond motifs is 5. The summed E-state index contributed by atoms with van der Waals surface area (Å²) >= 11 is 0. The molecule has 0 aromatic rings. The largest absolute Gasteiger partial charge is 0.389 e. The van der Waals surface area contributed by atoms with E-state index in [2.05, 4.69) is 33.8 Å². The Morgan fingerprint density at radius 2 is 1.78 bits per heavy atom. The van der Waals surface area contributed by atoms with Gasteiger partial charge < -0.3 is 5.11 Å². The third kappa shape index (κ3) is 2.14. The van der Waals surface area contributed by atoms with Gasteiger partial charge in [0.05, 0.1) is 6.10 Å². The van der Waals surface area contributed by atoms with Gasteiger partial charge in [0.15, 0.2) is 0 Å². The molecule has 0 aliphatic heterocycles. The van der Waals surface area contributed by atoms with Gasteiger partial charge in [0.25, 0.3) is 0 Å². The summed E-state index contributed by atoms with van der Waals surface area (Å²) in [6, 6.07) is 0. The average molecular weight is 317 g/mol. The molecule has 0 bridgehead atoms. The normalized spacial score (nSPS) is 57.7. The van der Waals surface area contributed by atoms with E-state index in [1.807, 2.05) is 0 Å². The lowest BCUT2D eigenvalue weighted by Gasteiger charge is -2.60. The zero-order chi connectivity index (χ0) is 16.4.